The first-order valence-corrected chi connectivity index (χ1v) is 16.8. The maximum atomic E-state index is 12.1. The van der Waals surface area contributed by atoms with E-state index in [4.69, 9.17) is 30.5 Å². The lowest BCUT2D eigenvalue weighted by atomic mass is 9.92. The van der Waals surface area contributed by atoms with Crippen molar-refractivity contribution in [3.8, 4) is 11.5 Å². The molecule has 0 radical (unpaired) electrons. The number of allylic oxidation sites excluding steroid dienone is 2. The van der Waals surface area contributed by atoms with Gasteiger partial charge in [0.05, 0.1) is 16.1 Å². The zero-order valence-electron chi connectivity index (χ0n) is 23.2. The van der Waals surface area contributed by atoms with Crippen LogP contribution in [0.5, 0.6) is 11.5 Å². The van der Waals surface area contributed by atoms with E-state index in [0.29, 0.717) is 58.4 Å². The van der Waals surface area contributed by atoms with Crippen molar-refractivity contribution in [1.82, 2.24) is 0 Å². The van der Waals surface area contributed by atoms with Crippen LogP contribution in [0.1, 0.15) is 62.0 Å². The molecule has 1 aromatic carbocycles. The van der Waals surface area contributed by atoms with E-state index in [1.807, 2.05) is 32.1 Å². The predicted octanol–water partition coefficient (Wildman–Crippen LogP) is 7.30. The molecule has 202 valence electrons. The molecule has 0 N–H and O–H groups in total. The van der Waals surface area contributed by atoms with E-state index < -0.39 is 19.3 Å². The van der Waals surface area contributed by atoms with Gasteiger partial charge in [-0.05, 0) is 76.8 Å². The van der Waals surface area contributed by atoms with Crippen LogP contribution in [0.25, 0.3) is 6.08 Å². The summed E-state index contributed by atoms with van der Waals surface area (Å²) in [4.78, 5) is 24.0. The maximum Gasteiger partial charge on any atom is 0.202 e. The summed E-state index contributed by atoms with van der Waals surface area (Å²) in [5, 5.41) is 0.400. The van der Waals surface area contributed by atoms with Gasteiger partial charge in [-0.15, -0.1) is 0 Å². The normalized spacial score (nSPS) is 20.7. The van der Waals surface area contributed by atoms with Crippen LogP contribution in [0, 0.1) is 6.92 Å². The molecule has 3 rings (SSSR count). The summed E-state index contributed by atoms with van der Waals surface area (Å²) < 4.78 is 23.9. The monoisotopic (exact) mass is 546 g/mol. The first-order valence-electron chi connectivity index (χ1n) is 12.7. The van der Waals surface area contributed by atoms with Crippen molar-refractivity contribution in [2.24, 2.45) is 0 Å². The number of hydrogen-bond donors (Lipinski definition) is 0. The molecule has 6 nitrogen and oxygen atoms in total. The van der Waals surface area contributed by atoms with Gasteiger partial charge in [0, 0.05) is 20.8 Å². The number of hydrogen-bond acceptors (Lipinski definition) is 6. The van der Waals surface area contributed by atoms with E-state index in [1.165, 1.54) is 0 Å². The van der Waals surface area contributed by atoms with Crippen molar-refractivity contribution >= 4 is 37.8 Å². The fourth-order valence-corrected chi connectivity index (χ4v) is 5.09. The molecule has 8 heteroatoms. The van der Waals surface area contributed by atoms with Crippen LogP contribution in [0.2, 0.25) is 30.7 Å². The van der Waals surface area contributed by atoms with Gasteiger partial charge in [-0.3, -0.25) is 9.59 Å². The molecule has 2 aliphatic heterocycles. The highest BCUT2D eigenvalue weighted by Crippen LogP contribution is 2.47. The maximum absolute atomic E-state index is 12.1. The molecule has 0 spiro atoms. The Labute approximate surface area is 226 Å². The molecule has 0 aliphatic carbocycles. The summed E-state index contributed by atoms with van der Waals surface area (Å²) in [5.41, 5.74) is 1.13. The van der Waals surface area contributed by atoms with Crippen LogP contribution in [0.4, 0.5) is 0 Å². The summed E-state index contributed by atoms with van der Waals surface area (Å²) in [6.07, 6.45) is 9.63. The lowest BCUT2D eigenvalue weighted by Gasteiger charge is -2.33. The van der Waals surface area contributed by atoms with Crippen LogP contribution in [-0.4, -0.2) is 44.7 Å². The van der Waals surface area contributed by atoms with Gasteiger partial charge in [-0.2, -0.15) is 0 Å². The molecule has 0 bridgehead atoms. The summed E-state index contributed by atoms with van der Waals surface area (Å²) in [6, 6.07) is 1.03. The van der Waals surface area contributed by atoms with Gasteiger partial charge < -0.3 is 18.9 Å². The van der Waals surface area contributed by atoms with Crippen molar-refractivity contribution in [2.75, 3.05) is 13.4 Å². The number of ether oxygens (including phenoxy) is 4. The van der Waals surface area contributed by atoms with Crippen molar-refractivity contribution in [3.05, 3.63) is 51.3 Å². The molecule has 0 amide bonds. The Hall–Kier alpha value is -2.35. The highest BCUT2D eigenvalue weighted by Gasteiger charge is 2.36. The second kappa shape index (κ2) is 11.2. The average molecular weight is 547 g/mol. The Kier molecular flexibility index (Phi) is 8.82. The molecule has 2 heterocycles. The van der Waals surface area contributed by atoms with Crippen molar-refractivity contribution in [1.29, 1.82) is 0 Å². The quantitative estimate of drug-likeness (QED) is 0.125. The molecule has 1 unspecified atom stereocenters. The molecule has 0 saturated carbocycles. The van der Waals surface area contributed by atoms with Gasteiger partial charge in [0.25, 0.3) is 0 Å². The lowest BCUT2D eigenvalue weighted by Crippen LogP contribution is -2.32. The van der Waals surface area contributed by atoms with E-state index >= 15 is 0 Å². The number of fused-ring (bicyclic) bond motifs is 1. The number of aldehydes is 1. The SMILES string of the molecule is C/C(=C\CCC1(C)C=Cc2c(c(Cl)c(C)c(C=O)c2OCOCC[Si](C)(C)C)O1)C1=CC(=O)C(C)(C)O1. The number of rotatable bonds is 11. The highest BCUT2D eigenvalue weighted by molar-refractivity contribution is 6.76. The van der Waals surface area contributed by atoms with Crippen molar-refractivity contribution in [3.63, 3.8) is 0 Å². The van der Waals surface area contributed by atoms with Crippen LogP contribution in [0.15, 0.2) is 29.6 Å². The Bertz CT molecular complexity index is 1160. The second-order valence-electron chi connectivity index (χ2n) is 11.7. The number of benzene rings is 1. The first-order chi connectivity index (χ1) is 17.2. The third-order valence-electron chi connectivity index (χ3n) is 6.71. The third-order valence-corrected chi connectivity index (χ3v) is 8.86. The topological polar surface area (TPSA) is 71.1 Å². The van der Waals surface area contributed by atoms with Crippen LogP contribution in [-0.2, 0) is 14.3 Å². The minimum absolute atomic E-state index is 0.0310. The Balaban J connectivity index is 1.74. The predicted molar refractivity (Wildman–Crippen MR) is 150 cm³/mol. The van der Waals surface area contributed by atoms with Gasteiger partial charge >= 0.3 is 0 Å². The molecule has 0 fully saturated rings. The molecule has 0 aromatic heterocycles. The molecule has 0 saturated heterocycles. The fraction of sp³-hybridized carbons (Fsp3) is 0.517. The summed E-state index contributed by atoms with van der Waals surface area (Å²) in [5.74, 6) is 1.50. The minimum atomic E-state index is -1.21. The van der Waals surface area contributed by atoms with Gasteiger partial charge in [-0.25, -0.2) is 0 Å². The molecule has 2 aliphatic rings. The lowest BCUT2D eigenvalue weighted by molar-refractivity contribution is -0.126. The number of carbonyl (C=O) groups is 2. The Morgan fingerprint density at radius 3 is 2.49 bits per heavy atom. The summed E-state index contributed by atoms with van der Waals surface area (Å²) in [6.45, 7) is 16.8. The van der Waals surface area contributed by atoms with Gasteiger partial charge in [0.15, 0.2) is 18.7 Å². The summed E-state index contributed by atoms with van der Waals surface area (Å²) in [7, 11) is -1.21. The van der Waals surface area contributed by atoms with Crippen LogP contribution >= 0.6 is 11.6 Å². The smallest absolute Gasteiger partial charge is 0.202 e. The first kappa shape index (κ1) is 29.2. The number of carbonyl (C=O) groups excluding carboxylic acids is 2. The van der Waals surface area contributed by atoms with Gasteiger partial charge in [0.1, 0.15) is 22.9 Å². The molecule has 1 aromatic rings. The average Bonchev–Trinajstić information content (AvgIpc) is 3.08. The highest BCUT2D eigenvalue weighted by atomic mass is 35.5. The van der Waals surface area contributed by atoms with E-state index in [-0.39, 0.29) is 12.6 Å². The molecule has 37 heavy (non-hydrogen) atoms. The van der Waals surface area contributed by atoms with Crippen molar-refractivity contribution in [2.45, 2.75) is 84.3 Å². The van der Waals surface area contributed by atoms with E-state index in [9.17, 15) is 9.59 Å². The largest absolute Gasteiger partial charge is 0.481 e. The van der Waals surface area contributed by atoms with E-state index in [2.05, 4.69) is 19.6 Å². The van der Waals surface area contributed by atoms with Crippen LogP contribution < -0.4 is 9.47 Å². The van der Waals surface area contributed by atoms with E-state index in [1.54, 1.807) is 26.8 Å². The Morgan fingerprint density at radius 2 is 1.89 bits per heavy atom. The molecular weight excluding hydrogens is 508 g/mol. The number of halogens is 1. The van der Waals surface area contributed by atoms with E-state index in [0.717, 1.165) is 17.9 Å². The van der Waals surface area contributed by atoms with Crippen LogP contribution in [0.3, 0.4) is 0 Å². The molecule has 1 atom stereocenters. The van der Waals surface area contributed by atoms with Crippen molar-refractivity contribution < 1.29 is 28.5 Å². The second-order valence-corrected chi connectivity index (χ2v) is 17.7. The van der Waals surface area contributed by atoms with Gasteiger partial charge in [-0.1, -0.05) is 37.3 Å². The number of ketones is 1. The fourth-order valence-electron chi connectivity index (χ4n) is 4.09. The molecular formula is C29H39ClO6Si. The standard InChI is InChI=1S/C29H39ClO6Si/c1-19(23-16-24(32)28(3,4)35-23)10-9-12-29(5)13-11-21-26(34-18-33-14-15-37(6,7)8)22(17-31)20(2)25(30)27(21)36-29/h10-11,13,16-17H,9,12,14-15,18H2,1-8H3/b19-10+. The zero-order chi connectivity index (χ0) is 27.6. The summed E-state index contributed by atoms with van der Waals surface area (Å²) >= 11 is 6.67. The zero-order valence-corrected chi connectivity index (χ0v) is 25.0. The third kappa shape index (κ3) is 6.95. The Morgan fingerprint density at radius 1 is 1.19 bits per heavy atom. The van der Waals surface area contributed by atoms with Gasteiger partial charge in [0.2, 0.25) is 5.78 Å². The minimum Gasteiger partial charge on any atom is -0.481 e.